The van der Waals surface area contributed by atoms with Gasteiger partial charge in [0.1, 0.15) is 44.7 Å². The van der Waals surface area contributed by atoms with Crippen LogP contribution in [0.4, 0.5) is 0 Å². The lowest BCUT2D eigenvalue weighted by molar-refractivity contribution is 0.636. The first kappa shape index (κ1) is 18.4. The van der Waals surface area contributed by atoms with Crippen molar-refractivity contribution in [3.8, 4) is 22.3 Å². The van der Waals surface area contributed by atoms with Crippen LogP contribution in [0.2, 0.25) is 0 Å². The van der Waals surface area contributed by atoms with Gasteiger partial charge in [0, 0.05) is 32.7 Å². The van der Waals surface area contributed by atoms with Crippen molar-refractivity contribution in [2.45, 2.75) is 0 Å². The molecule has 0 spiro atoms. The number of fused-ring (bicyclic) bond motifs is 8. The second-order valence-corrected chi connectivity index (χ2v) is 9.25. The van der Waals surface area contributed by atoms with E-state index in [2.05, 4.69) is 24.3 Å². The fraction of sp³-hybridized carbons (Fsp3) is 0. The summed E-state index contributed by atoms with van der Waals surface area (Å²) >= 11 is 0. The summed E-state index contributed by atoms with van der Waals surface area (Å²) in [7, 11) is 0. The molecule has 0 bridgehead atoms. The first-order valence-corrected chi connectivity index (χ1v) is 11.9. The topological polar surface area (TPSA) is 52.6 Å². The molecular weight excluding hydrogens is 448 g/mol. The molecule has 0 amide bonds. The predicted octanol–water partition coefficient (Wildman–Crippen LogP) is 9.75. The molecule has 0 aliphatic carbocycles. The lowest BCUT2D eigenvalue weighted by Gasteiger charge is -2.19. The van der Waals surface area contributed by atoms with Crippen molar-refractivity contribution in [1.82, 2.24) is 0 Å². The summed E-state index contributed by atoms with van der Waals surface area (Å²) in [4.78, 5) is 0. The fourth-order valence-corrected chi connectivity index (χ4v) is 5.80. The average Bonchev–Trinajstić information content (AvgIpc) is 2.92. The molecule has 9 rings (SSSR count). The van der Waals surface area contributed by atoms with Crippen LogP contribution in [-0.2, 0) is 0 Å². The van der Waals surface area contributed by atoms with Crippen molar-refractivity contribution in [2.24, 2.45) is 0 Å². The number of hydrogen-bond donors (Lipinski definition) is 0. The molecule has 0 N–H and O–H groups in total. The van der Waals surface area contributed by atoms with Crippen LogP contribution in [0.5, 0.6) is 0 Å². The van der Waals surface area contributed by atoms with Gasteiger partial charge >= 0.3 is 0 Å². The zero-order valence-corrected chi connectivity index (χ0v) is 18.9. The van der Waals surface area contributed by atoms with E-state index in [4.69, 9.17) is 17.7 Å². The first-order valence-electron chi connectivity index (χ1n) is 11.9. The molecule has 36 heavy (non-hydrogen) atoms. The second-order valence-electron chi connectivity index (χ2n) is 9.25. The average molecular weight is 464 g/mol. The molecule has 0 saturated heterocycles. The van der Waals surface area contributed by atoms with E-state index in [9.17, 15) is 0 Å². The highest BCUT2D eigenvalue weighted by Gasteiger charge is 2.25. The molecule has 5 aromatic rings. The quantitative estimate of drug-likeness (QED) is 0.166. The summed E-state index contributed by atoms with van der Waals surface area (Å²) < 4.78 is 25.5. The van der Waals surface area contributed by atoms with E-state index in [-0.39, 0.29) is 0 Å². The number of para-hydroxylation sites is 2. The van der Waals surface area contributed by atoms with Crippen LogP contribution >= 0.6 is 0 Å². The van der Waals surface area contributed by atoms with Crippen molar-refractivity contribution in [3.05, 3.63) is 97.1 Å². The van der Waals surface area contributed by atoms with Crippen LogP contribution in [0.25, 0.3) is 88.5 Å². The van der Waals surface area contributed by atoms with Crippen molar-refractivity contribution >= 4 is 66.2 Å². The van der Waals surface area contributed by atoms with Gasteiger partial charge in [-0.3, -0.25) is 0 Å². The zero-order chi connectivity index (χ0) is 23.4. The monoisotopic (exact) mass is 464 g/mol. The molecule has 0 atom stereocenters. The Kier molecular flexibility index (Phi) is 3.25. The highest BCUT2D eigenvalue weighted by atomic mass is 16.4. The molecule has 4 aliphatic rings. The Morgan fingerprint density at radius 3 is 1.08 bits per heavy atom. The summed E-state index contributed by atoms with van der Waals surface area (Å²) in [5.74, 6) is 0. The van der Waals surface area contributed by atoms with Crippen molar-refractivity contribution < 1.29 is 17.7 Å². The minimum atomic E-state index is 0.791. The molecule has 4 nitrogen and oxygen atoms in total. The van der Waals surface area contributed by atoms with E-state index in [1.54, 1.807) is 0 Å². The molecular formula is C32H16O4. The normalized spacial score (nSPS) is 12.4. The highest BCUT2D eigenvalue weighted by molar-refractivity contribution is 6.20. The molecule has 4 aliphatic heterocycles. The van der Waals surface area contributed by atoms with Gasteiger partial charge in [-0.15, -0.1) is 0 Å². The third-order valence-electron chi connectivity index (χ3n) is 7.29. The number of hydrogen-bond acceptors (Lipinski definition) is 4. The van der Waals surface area contributed by atoms with Gasteiger partial charge in [0.05, 0.1) is 11.1 Å². The van der Waals surface area contributed by atoms with Crippen molar-refractivity contribution in [3.63, 3.8) is 0 Å². The van der Waals surface area contributed by atoms with Gasteiger partial charge in [-0.05, 0) is 48.5 Å². The molecule has 5 aromatic carbocycles. The van der Waals surface area contributed by atoms with Crippen LogP contribution in [-0.4, -0.2) is 0 Å². The zero-order valence-electron chi connectivity index (χ0n) is 18.9. The molecule has 0 fully saturated rings. The lowest BCUT2D eigenvalue weighted by atomic mass is 9.91. The summed E-state index contributed by atoms with van der Waals surface area (Å²) in [6, 6.07) is 32.4. The second kappa shape index (κ2) is 6.37. The molecule has 4 heterocycles. The van der Waals surface area contributed by atoms with Gasteiger partial charge < -0.3 is 17.7 Å². The Morgan fingerprint density at radius 1 is 0.278 bits per heavy atom. The van der Waals surface area contributed by atoms with Crippen LogP contribution in [0.1, 0.15) is 0 Å². The number of benzene rings is 5. The highest BCUT2D eigenvalue weighted by Crippen LogP contribution is 2.48. The van der Waals surface area contributed by atoms with Crippen LogP contribution in [0.15, 0.2) is 115 Å². The lowest BCUT2D eigenvalue weighted by Crippen LogP contribution is -1.94. The SMILES string of the molecule is c1cc2oc3ccccc3c3c4cc5oc6cccc7oc8ccccc8c(c5cc4oc(c1)c2-3)-c76. The number of rotatable bonds is 0. The Morgan fingerprint density at radius 2 is 0.639 bits per heavy atom. The van der Waals surface area contributed by atoms with Gasteiger partial charge in [0.25, 0.3) is 0 Å². The Hall–Kier alpha value is -4.96. The largest absolute Gasteiger partial charge is 0.456 e. The van der Waals surface area contributed by atoms with E-state index in [1.807, 2.05) is 72.8 Å². The Labute approximate surface area is 203 Å². The first-order chi connectivity index (χ1) is 17.8. The third-order valence-corrected chi connectivity index (χ3v) is 7.29. The van der Waals surface area contributed by atoms with E-state index >= 15 is 0 Å². The van der Waals surface area contributed by atoms with Gasteiger partial charge in [0.15, 0.2) is 0 Å². The molecule has 0 unspecified atom stereocenters. The summed E-state index contributed by atoms with van der Waals surface area (Å²) in [5, 5.41) is 4.07. The molecule has 4 heteroatoms. The van der Waals surface area contributed by atoms with Crippen molar-refractivity contribution in [1.29, 1.82) is 0 Å². The van der Waals surface area contributed by atoms with Gasteiger partial charge in [-0.25, -0.2) is 0 Å². The van der Waals surface area contributed by atoms with Crippen LogP contribution in [0.3, 0.4) is 0 Å². The molecule has 0 aromatic heterocycles. The van der Waals surface area contributed by atoms with E-state index < -0.39 is 0 Å². The van der Waals surface area contributed by atoms with E-state index in [0.717, 1.165) is 88.5 Å². The smallest absolute Gasteiger partial charge is 0.139 e. The summed E-state index contributed by atoms with van der Waals surface area (Å²) in [6.45, 7) is 0. The molecule has 168 valence electrons. The third kappa shape index (κ3) is 2.24. The van der Waals surface area contributed by atoms with Gasteiger partial charge in [0.2, 0.25) is 0 Å². The standard InChI is InChI=1S/C32H16O4/c1-3-9-21-17(7-1)29-19-15-28-20(16-27(19)35-25-13-5-11-23(33-21)31(25)29)30-18-8-2-4-10-22(18)34-24-12-6-14-26(36-28)32(24)30/h1-16H. The fourth-order valence-electron chi connectivity index (χ4n) is 5.80. The maximum Gasteiger partial charge on any atom is 0.139 e. The summed E-state index contributed by atoms with van der Waals surface area (Å²) in [5.41, 5.74) is 10.6. The van der Waals surface area contributed by atoms with Gasteiger partial charge in [-0.1, -0.05) is 48.5 Å². The summed E-state index contributed by atoms with van der Waals surface area (Å²) in [6.07, 6.45) is 0. The van der Waals surface area contributed by atoms with E-state index in [1.165, 1.54) is 0 Å². The Balaban J connectivity index is 1.58. The van der Waals surface area contributed by atoms with E-state index in [0.29, 0.717) is 0 Å². The van der Waals surface area contributed by atoms with Crippen LogP contribution in [0, 0.1) is 0 Å². The molecule has 0 saturated carbocycles. The minimum absolute atomic E-state index is 0.791. The van der Waals surface area contributed by atoms with Crippen molar-refractivity contribution in [2.75, 3.05) is 0 Å². The predicted molar refractivity (Wildman–Crippen MR) is 143 cm³/mol. The maximum absolute atomic E-state index is 6.52. The maximum atomic E-state index is 6.52. The van der Waals surface area contributed by atoms with Gasteiger partial charge in [-0.2, -0.15) is 0 Å². The minimum Gasteiger partial charge on any atom is -0.456 e. The Bertz CT molecular complexity index is 2100. The molecule has 0 radical (unpaired) electrons. The van der Waals surface area contributed by atoms with Crippen LogP contribution < -0.4 is 0 Å².